The molecule has 0 aromatic heterocycles. The molecule has 2 heteroatoms. The van der Waals surface area contributed by atoms with Gasteiger partial charge in [0.25, 0.3) is 0 Å². The van der Waals surface area contributed by atoms with E-state index in [4.69, 9.17) is 0 Å². The number of rotatable bonds is 4. The quantitative estimate of drug-likeness (QED) is 0.356. The average Bonchev–Trinajstić information content (AvgIpc) is 1.80. The van der Waals surface area contributed by atoms with Gasteiger partial charge < -0.3 is 4.98 Å². The maximum Gasteiger partial charge on any atom is 0.143 e. The summed E-state index contributed by atoms with van der Waals surface area (Å²) in [6, 6.07) is 1.19. The molecule has 9 heavy (non-hydrogen) atoms. The monoisotopic (exact) mass is 141 g/mol. The highest BCUT2D eigenvalue weighted by Crippen LogP contribution is 1.90. The molecule has 0 aromatic rings. The summed E-state index contributed by atoms with van der Waals surface area (Å²) in [5.41, 5.74) is 1.42. The molecule has 52 valence electrons. The molecule has 0 aromatic carbocycles. The molecule has 0 aliphatic carbocycles. The molecule has 0 aliphatic heterocycles. The Balaban J connectivity index is 3.00. The van der Waals surface area contributed by atoms with Crippen LogP contribution in [0.15, 0.2) is 11.6 Å². The van der Waals surface area contributed by atoms with Gasteiger partial charge in [-0.1, -0.05) is 18.6 Å². The van der Waals surface area contributed by atoms with E-state index >= 15 is 0 Å². The van der Waals surface area contributed by atoms with Crippen LogP contribution in [-0.2, 0) is 0 Å². The number of hydrogen-bond donors (Lipinski definition) is 1. The van der Waals surface area contributed by atoms with E-state index in [9.17, 15) is 0 Å². The molecular formula is C7H15NSi. The molecule has 0 fully saturated rings. The van der Waals surface area contributed by atoms with Crippen LogP contribution in [0.5, 0.6) is 0 Å². The number of nitrogens with one attached hydrogen (secondary N) is 1. The van der Waals surface area contributed by atoms with Gasteiger partial charge in [-0.3, -0.25) is 0 Å². The molecule has 1 N–H and O–H groups in total. The van der Waals surface area contributed by atoms with Gasteiger partial charge in [-0.25, -0.2) is 0 Å². The van der Waals surface area contributed by atoms with Gasteiger partial charge in [0.1, 0.15) is 9.68 Å². The minimum absolute atomic E-state index is 0.899. The Morgan fingerprint density at radius 1 is 1.56 bits per heavy atom. The Bertz CT molecular complexity index is 84.9. The fourth-order valence-electron chi connectivity index (χ4n) is 0.452. The summed E-state index contributed by atoms with van der Waals surface area (Å²) in [6.07, 6.45) is 2.26. The van der Waals surface area contributed by atoms with Crippen molar-refractivity contribution in [2.45, 2.75) is 26.8 Å². The lowest BCUT2D eigenvalue weighted by Gasteiger charge is -1.93. The van der Waals surface area contributed by atoms with Crippen molar-refractivity contribution in [3.8, 4) is 0 Å². The maximum atomic E-state index is 3.29. The molecule has 0 heterocycles. The van der Waals surface area contributed by atoms with E-state index in [-0.39, 0.29) is 0 Å². The summed E-state index contributed by atoms with van der Waals surface area (Å²) in [4.78, 5) is 3.29. The second-order valence-electron chi connectivity index (χ2n) is 2.19. The number of allylic oxidation sites excluding steroid dienone is 2. The Labute approximate surface area is 60.4 Å². The maximum absolute atomic E-state index is 3.29. The molecule has 0 saturated carbocycles. The lowest BCUT2D eigenvalue weighted by molar-refractivity contribution is 1.00. The lowest BCUT2D eigenvalue weighted by atomic mass is 10.3. The summed E-state index contributed by atoms with van der Waals surface area (Å²) in [6.45, 7) is 7.50. The SMILES string of the molecule is CCN[Si]CC=C(C)C. The van der Waals surface area contributed by atoms with E-state index < -0.39 is 0 Å². The molecule has 0 spiro atoms. The van der Waals surface area contributed by atoms with Crippen molar-refractivity contribution in [2.24, 2.45) is 0 Å². The van der Waals surface area contributed by atoms with E-state index in [0.717, 1.165) is 16.2 Å². The first-order valence-electron chi connectivity index (χ1n) is 3.36. The zero-order chi connectivity index (χ0) is 7.11. The van der Waals surface area contributed by atoms with Crippen molar-refractivity contribution in [1.29, 1.82) is 0 Å². The van der Waals surface area contributed by atoms with E-state index in [1.807, 2.05) is 0 Å². The van der Waals surface area contributed by atoms with Crippen LogP contribution in [-0.4, -0.2) is 16.2 Å². The first-order valence-corrected chi connectivity index (χ1v) is 4.57. The van der Waals surface area contributed by atoms with Crippen LogP contribution in [0.2, 0.25) is 6.04 Å². The van der Waals surface area contributed by atoms with Crippen LogP contribution < -0.4 is 4.98 Å². The van der Waals surface area contributed by atoms with E-state index in [0.29, 0.717) is 0 Å². The first-order chi connectivity index (χ1) is 4.27. The van der Waals surface area contributed by atoms with Gasteiger partial charge in [0, 0.05) is 0 Å². The van der Waals surface area contributed by atoms with Crippen molar-refractivity contribution in [3.63, 3.8) is 0 Å². The zero-order valence-electron chi connectivity index (χ0n) is 6.49. The Hall–Kier alpha value is -0.0831. The van der Waals surface area contributed by atoms with Crippen LogP contribution in [0, 0.1) is 0 Å². The topological polar surface area (TPSA) is 12.0 Å². The summed E-state index contributed by atoms with van der Waals surface area (Å²) >= 11 is 0. The second kappa shape index (κ2) is 6.04. The summed E-state index contributed by atoms with van der Waals surface area (Å²) in [5, 5.41) is 0. The normalized spacial score (nSPS) is 9.22. The predicted molar refractivity (Wildman–Crippen MR) is 43.7 cm³/mol. The number of hydrogen-bond acceptors (Lipinski definition) is 1. The van der Waals surface area contributed by atoms with Gasteiger partial charge in [-0.2, -0.15) is 0 Å². The van der Waals surface area contributed by atoms with Gasteiger partial charge in [0.05, 0.1) is 0 Å². The summed E-state index contributed by atoms with van der Waals surface area (Å²) in [7, 11) is 0.899. The molecular weight excluding hydrogens is 126 g/mol. The van der Waals surface area contributed by atoms with Crippen LogP contribution in [0.25, 0.3) is 0 Å². The van der Waals surface area contributed by atoms with Crippen LogP contribution in [0.1, 0.15) is 20.8 Å². The molecule has 1 nitrogen and oxygen atoms in total. The van der Waals surface area contributed by atoms with Crippen molar-refractivity contribution >= 4 is 9.68 Å². The van der Waals surface area contributed by atoms with Crippen LogP contribution >= 0.6 is 0 Å². The Morgan fingerprint density at radius 3 is 2.67 bits per heavy atom. The highest BCUT2D eigenvalue weighted by molar-refractivity contribution is 6.32. The summed E-state index contributed by atoms with van der Waals surface area (Å²) < 4.78 is 0. The third-order valence-corrected chi connectivity index (χ3v) is 1.93. The third kappa shape index (κ3) is 7.92. The van der Waals surface area contributed by atoms with Crippen LogP contribution in [0.4, 0.5) is 0 Å². The molecule has 0 unspecified atom stereocenters. The van der Waals surface area contributed by atoms with Gasteiger partial charge in [0.2, 0.25) is 0 Å². The van der Waals surface area contributed by atoms with Crippen molar-refractivity contribution in [3.05, 3.63) is 11.6 Å². The molecule has 0 saturated heterocycles. The van der Waals surface area contributed by atoms with Gasteiger partial charge in [-0.15, -0.1) is 0 Å². The minimum atomic E-state index is 0.899. The molecule has 0 amide bonds. The average molecular weight is 141 g/mol. The van der Waals surface area contributed by atoms with E-state index in [2.05, 4.69) is 31.8 Å². The van der Waals surface area contributed by atoms with Crippen molar-refractivity contribution in [2.75, 3.05) is 6.54 Å². The smallest absolute Gasteiger partial charge is 0.143 e. The zero-order valence-corrected chi connectivity index (χ0v) is 7.49. The lowest BCUT2D eigenvalue weighted by Crippen LogP contribution is -2.16. The van der Waals surface area contributed by atoms with Crippen molar-refractivity contribution < 1.29 is 0 Å². The third-order valence-electron chi connectivity index (χ3n) is 0.914. The highest BCUT2D eigenvalue weighted by Gasteiger charge is 1.82. The second-order valence-corrected chi connectivity index (χ2v) is 3.31. The van der Waals surface area contributed by atoms with Crippen molar-refractivity contribution in [1.82, 2.24) is 4.98 Å². The van der Waals surface area contributed by atoms with E-state index in [1.54, 1.807) is 0 Å². The fourth-order valence-corrected chi connectivity index (χ4v) is 1.36. The largest absolute Gasteiger partial charge is 0.339 e. The summed E-state index contributed by atoms with van der Waals surface area (Å²) in [5.74, 6) is 0. The highest BCUT2D eigenvalue weighted by atomic mass is 28.2. The fraction of sp³-hybridized carbons (Fsp3) is 0.714. The minimum Gasteiger partial charge on any atom is -0.339 e. The van der Waals surface area contributed by atoms with E-state index in [1.165, 1.54) is 11.6 Å². The first kappa shape index (κ1) is 8.92. The van der Waals surface area contributed by atoms with Gasteiger partial charge in [-0.05, 0) is 26.4 Å². The van der Waals surface area contributed by atoms with Crippen LogP contribution in [0.3, 0.4) is 0 Å². The molecule has 0 atom stereocenters. The molecule has 0 aliphatic rings. The standard InChI is InChI=1S/C7H15NSi/c1-4-8-9-6-5-7(2)3/h5,8H,4,6H2,1-3H3. The Morgan fingerprint density at radius 2 is 2.22 bits per heavy atom. The van der Waals surface area contributed by atoms with Gasteiger partial charge in [0.15, 0.2) is 0 Å². The molecule has 0 rings (SSSR count). The molecule has 0 bridgehead atoms. The molecule has 2 radical (unpaired) electrons. The Kier molecular flexibility index (Phi) is 5.99. The predicted octanol–water partition coefficient (Wildman–Crippen LogP) is 1.60. The van der Waals surface area contributed by atoms with Gasteiger partial charge >= 0.3 is 0 Å².